The minimum atomic E-state index is -0.102. The Morgan fingerprint density at radius 2 is 2.06 bits per heavy atom. The lowest BCUT2D eigenvalue weighted by molar-refractivity contribution is -0.0378. The maximum absolute atomic E-state index is 5.58. The molecule has 1 heterocycles. The molecule has 0 radical (unpaired) electrons. The van der Waals surface area contributed by atoms with Crippen LogP contribution in [0.2, 0.25) is 0 Å². The predicted molar refractivity (Wildman–Crippen MR) is 71.4 cm³/mol. The van der Waals surface area contributed by atoms with Crippen molar-refractivity contribution in [1.82, 2.24) is 5.32 Å². The maximum atomic E-state index is 5.58. The van der Waals surface area contributed by atoms with Crippen LogP contribution in [0.1, 0.15) is 39.0 Å². The highest BCUT2D eigenvalue weighted by atomic mass is 16.5. The van der Waals surface area contributed by atoms with E-state index in [-0.39, 0.29) is 5.60 Å². The van der Waals surface area contributed by atoms with Crippen molar-refractivity contribution in [3.05, 3.63) is 23.7 Å². The Bertz CT molecular complexity index is 328. The van der Waals surface area contributed by atoms with E-state index in [4.69, 9.17) is 13.9 Å². The first kappa shape index (κ1) is 15.2. The lowest BCUT2D eigenvalue weighted by atomic mass is 10.2. The second-order valence-electron chi connectivity index (χ2n) is 5.16. The van der Waals surface area contributed by atoms with Gasteiger partial charge in [-0.25, -0.2) is 0 Å². The summed E-state index contributed by atoms with van der Waals surface area (Å²) in [5.74, 6) is 0.952. The normalized spacial score (nSPS) is 12.0. The molecule has 1 aromatic heterocycles. The number of hydrogen-bond donors (Lipinski definition) is 1. The minimum Gasteiger partial charge on any atom is -0.468 e. The van der Waals surface area contributed by atoms with Crippen molar-refractivity contribution >= 4 is 0 Å². The molecule has 0 aliphatic rings. The summed E-state index contributed by atoms with van der Waals surface area (Å²) in [6.07, 6.45) is 1.71. The van der Waals surface area contributed by atoms with Crippen molar-refractivity contribution < 1.29 is 13.9 Å². The average Bonchev–Trinajstić information content (AvgIpc) is 2.72. The molecule has 0 bridgehead atoms. The summed E-state index contributed by atoms with van der Waals surface area (Å²) in [7, 11) is 0. The van der Waals surface area contributed by atoms with Crippen LogP contribution in [-0.4, -0.2) is 25.4 Å². The van der Waals surface area contributed by atoms with Crippen molar-refractivity contribution in [3.8, 4) is 0 Å². The molecular weight excluding hydrogens is 230 g/mol. The molecule has 0 fully saturated rings. The molecule has 1 rings (SSSR count). The molecule has 1 aromatic rings. The first-order valence-corrected chi connectivity index (χ1v) is 6.50. The van der Waals surface area contributed by atoms with Gasteiger partial charge in [-0.3, -0.25) is 0 Å². The molecule has 104 valence electrons. The van der Waals surface area contributed by atoms with Crippen LogP contribution < -0.4 is 5.32 Å². The average molecular weight is 255 g/mol. The van der Waals surface area contributed by atoms with Gasteiger partial charge in [-0.2, -0.15) is 0 Å². The Kier molecular flexibility index (Phi) is 6.39. The first-order chi connectivity index (χ1) is 8.53. The molecule has 0 amide bonds. The summed E-state index contributed by atoms with van der Waals surface area (Å²) in [6, 6.07) is 1.96. The fourth-order valence-electron chi connectivity index (χ4n) is 1.48. The highest BCUT2D eigenvalue weighted by molar-refractivity contribution is 5.15. The van der Waals surface area contributed by atoms with Gasteiger partial charge in [-0.1, -0.05) is 6.92 Å². The van der Waals surface area contributed by atoms with Gasteiger partial charge in [-0.05, 0) is 33.4 Å². The molecule has 0 aliphatic heterocycles. The Balaban J connectivity index is 2.21. The summed E-state index contributed by atoms with van der Waals surface area (Å²) >= 11 is 0. The number of hydrogen-bond acceptors (Lipinski definition) is 4. The van der Waals surface area contributed by atoms with Crippen molar-refractivity contribution in [2.45, 2.75) is 46.4 Å². The van der Waals surface area contributed by atoms with E-state index in [1.807, 2.05) is 26.8 Å². The number of rotatable bonds is 8. The molecule has 18 heavy (non-hydrogen) atoms. The van der Waals surface area contributed by atoms with Crippen molar-refractivity contribution in [2.75, 3.05) is 19.8 Å². The van der Waals surface area contributed by atoms with Crippen LogP contribution in [0.25, 0.3) is 0 Å². The Hall–Kier alpha value is -0.840. The fraction of sp³-hybridized carbons (Fsp3) is 0.714. The van der Waals surface area contributed by atoms with Gasteiger partial charge >= 0.3 is 0 Å². The summed E-state index contributed by atoms with van der Waals surface area (Å²) in [5.41, 5.74) is 1.00. The van der Waals surface area contributed by atoms with Crippen LogP contribution in [0.5, 0.6) is 0 Å². The standard InChI is InChI=1S/C14H25NO3/c1-5-15-10-13-12(6-7-17-13)11-16-8-9-18-14(2,3)4/h6-7,15H,5,8-11H2,1-4H3. The number of ether oxygens (including phenoxy) is 2. The smallest absolute Gasteiger partial charge is 0.123 e. The number of furan rings is 1. The van der Waals surface area contributed by atoms with E-state index in [1.165, 1.54) is 0 Å². The predicted octanol–water partition coefficient (Wildman–Crippen LogP) is 2.72. The second kappa shape index (κ2) is 7.56. The van der Waals surface area contributed by atoms with Gasteiger partial charge in [0.2, 0.25) is 0 Å². The largest absolute Gasteiger partial charge is 0.468 e. The van der Waals surface area contributed by atoms with E-state index >= 15 is 0 Å². The molecule has 4 nitrogen and oxygen atoms in total. The zero-order valence-electron chi connectivity index (χ0n) is 11.9. The van der Waals surface area contributed by atoms with E-state index in [2.05, 4.69) is 12.2 Å². The van der Waals surface area contributed by atoms with E-state index in [1.54, 1.807) is 6.26 Å². The summed E-state index contributed by atoms with van der Waals surface area (Å²) < 4.78 is 16.6. The zero-order chi connectivity index (χ0) is 13.4. The second-order valence-corrected chi connectivity index (χ2v) is 5.16. The Morgan fingerprint density at radius 1 is 1.28 bits per heavy atom. The van der Waals surface area contributed by atoms with E-state index in [0.717, 1.165) is 24.4 Å². The van der Waals surface area contributed by atoms with Crippen LogP contribution >= 0.6 is 0 Å². The van der Waals surface area contributed by atoms with Gasteiger partial charge in [0, 0.05) is 5.56 Å². The van der Waals surface area contributed by atoms with E-state index < -0.39 is 0 Å². The molecule has 0 spiro atoms. The van der Waals surface area contributed by atoms with E-state index in [9.17, 15) is 0 Å². The summed E-state index contributed by atoms with van der Waals surface area (Å²) in [4.78, 5) is 0. The van der Waals surface area contributed by atoms with Gasteiger partial charge in [0.05, 0.1) is 38.2 Å². The third-order valence-electron chi connectivity index (χ3n) is 2.39. The lowest BCUT2D eigenvalue weighted by Crippen LogP contribution is -2.21. The maximum Gasteiger partial charge on any atom is 0.123 e. The topological polar surface area (TPSA) is 43.6 Å². The molecule has 0 saturated heterocycles. The molecular formula is C14H25NO3. The van der Waals surface area contributed by atoms with Crippen LogP contribution in [0, 0.1) is 0 Å². The molecule has 0 saturated carbocycles. The first-order valence-electron chi connectivity index (χ1n) is 6.50. The van der Waals surface area contributed by atoms with Gasteiger partial charge < -0.3 is 19.2 Å². The highest BCUT2D eigenvalue weighted by Crippen LogP contribution is 2.12. The molecule has 0 atom stereocenters. The van der Waals surface area contributed by atoms with Crippen molar-refractivity contribution in [1.29, 1.82) is 0 Å². The summed E-state index contributed by atoms with van der Waals surface area (Å²) in [5, 5.41) is 3.24. The van der Waals surface area contributed by atoms with Crippen LogP contribution in [-0.2, 0) is 22.6 Å². The Morgan fingerprint density at radius 3 is 2.72 bits per heavy atom. The molecule has 0 aliphatic carbocycles. The van der Waals surface area contributed by atoms with E-state index in [0.29, 0.717) is 19.8 Å². The monoisotopic (exact) mass is 255 g/mol. The van der Waals surface area contributed by atoms with Gasteiger partial charge in [0.1, 0.15) is 5.76 Å². The quantitative estimate of drug-likeness (QED) is 0.725. The highest BCUT2D eigenvalue weighted by Gasteiger charge is 2.09. The van der Waals surface area contributed by atoms with Crippen LogP contribution in [0.4, 0.5) is 0 Å². The molecule has 0 aromatic carbocycles. The van der Waals surface area contributed by atoms with Crippen molar-refractivity contribution in [3.63, 3.8) is 0 Å². The van der Waals surface area contributed by atoms with Crippen LogP contribution in [0.3, 0.4) is 0 Å². The molecule has 4 heteroatoms. The number of nitrogens with one attached hydrogen (secondary N) is 1. The van der Waals surface area contributed by atoms with Gasteiger partial charge in [0.25, 0.3) is 0 Å². The zero-order valence-corrected chi connectivity index (χ0v) is 11.9. The lowest BCUT2D eigenvalue weighted by Gasteiger charge is -2.19. The van der Waals surface area contributed by atoms with Crippen LogP contribution in [0.15, 0.2) is 16.7 Å². The third-order valence-corrected chi connectivity index (χ3v) is 2.39. The molecule has 0 unspecified atom stereocenters. The molecule has 1 N–H and O–H groups in total. The van der Waals surface area contributed by atoms with Gasteiger partial charge in [-0.15, -0.1) is 0 Å². The van der Waals surface area contributed by atoms with Gasteiger partial charge in [0.15, 0.2) is 0 Å². The third kappa shape index (κ3) is 6.19. The SMILES string of the molecule is CCNCc1occc1COCCOC(C)(C)C. The summed E-state index contributed by atoms with van der Waals surface area (Å²) in [6.45, 7) is 11.7. The Labute approximate surface area is 110 Å². The fourth-order valence-corrected chi connectivity index (χ4v) is 1.48. The minimum absolute atomic E-state index is 0.102. The van der Waals surface area contributed by atoms with Crippen molar-refractivity contribution in [2.24, 2.45) is 0 Å².